The van der Waals surface area contributed by atoms with E-state index >= 15 is 0 Å². The Kier molecular flexibility index (Phi) is 6.80. The van der Waals surface area contributed by atoms with E-state index in [1.165, 1.54) is 75.1 Å². The van der Waals surface area contributed by atoms with Crippen LogP contribution in [0.3, 0.4) is 0 Å². The monoisotopic (exact) mass is 706 g/mol. The summed E-state index contributed by atoms with van der Waals surface area (Å²) >= 11 is 1.88. The van der Waals surface area contributed by atoms with Crippen LogP contribution < -0.4 is 0 Å². The Hall–Kier alpha value is -6.42. The van der Waals surface area contributed by atoms with Gasteiger partial charge in [0.05, 0.1) is 11.4 Å². The van der Waals surface area contributed by atoms with E-state index in [0.717, 1.165) is 33.9 Å². The highest BCUT2D eigenvalue weighted by Gasteiger charge is 2.37. The molecule has 0 spiro atoms. The van der Waals surface area contributed by atoms with E-state index in [4.69, 9.17) is 9.97 Å². The lowest BCUT2D eigenvalue weighted by molar-refractivity contribution is 0.661. The van der Waals surface area contributed by atoms with Gasteiger partial charge in [0.15, 0.2) is 5.82 Å². The van der Waals surface area contributed by atoms with Crippen LogP contribution in [0.25, 0.3) is 97.9 Å². The van der Waals surface area contributed by atoms with Crippen LogP contribution in [-0.4, -0.2) is 9.97 Å². The van der Waals surface area contributed by atoms with Crippen molar-refractivity contribution >= 4 is 53.1 Å². The van der Waals surface area contributed by atoms with Gasteiger partial charge in [-0.3, -0.25) is 0 Å². The van der Waals surface area contributed by atoms with Crippen molar-refractivity contribution in [3.63, 3.8) is 0 Å². The maximum Gasteiger partial charge on any atom is 0.160 e. The summed E-state index contributed by atoms with van der Waals surface area (Å²) in [5.74, 6) is 0.722. The van der Waals surface area contributed by atoms with Crippen molar-refractivity contribution in [3.8, 4) is 56.2 Å². The van der Waals surface area contributed by atoms with Crippen LogP contribution in [0, 0.1) is 0 Å². The fourth-order valence-corrected chi connectivity index (χ4v) is 10.1. The van der Waals surface area contributed by atoms with E-state index in [-0.39, 0.29) is 5.41 Å². The lowest BCUT2D eigenvalue weighted by Gasteiger charge is -2.22. The van der Waals surface area contributed by atoms with Crippen LogP contribution in [0.5, 0.6) is 0 Å². The van der Waals surface area contributed by atoms with E-state index in [1.807, 2.05) is 17.4 Å². The molecule has 0 atom stereocenters. The molecule has 0 saturated carbocycles. The van der Waals surface area contributed by atoms with Gasteiger partial charge < -0.3 is 0 Å². The largest absolute Gasteiger partial charge is 0.228 e. The first-order valence-electron chi connectivity index (χ1n) is 18.6. The molecule has 10 aromatic rings. The van der Waals surface area contributed by atoms with Crippen molar-refractivity contribution in [2.24, 2.45) is 0 Å². The summed E-state index contributed by atoms with van der Waals surface area (Å²) in [6, 6.07) is 61.6. The average Bonchev–Trinajstić information content (AvgIpc) is 3.71. The molecule has 1 aliphatic rings. The van der Waals surface area contributed by atoms with E-state index in [1.54, 1.807) is 0 Å². The van der Waals surface area contributed by atoms with Crippen LogP contribution in [0.2, 0.25) is 0 Å². The first-order valence-corrected chi connectivity index (χ1v) is 19.4. The van der Waals surface area contributed by atoms with Gasteiger partial charge in [0.1, 0.15) is 0 Å². The van der Waals surface area contributed by atoms with E-state index < -0.39 is 0 Å². The Morgan fingerprint density at radius 1 is 0.426 bits per heavy atom. The van der Waals surface area contributed by atoms with Gasteiger partial charge in [0.2, 0.25) is 0 Å². The maximum absolute atomic E-state index is 5.35. The minimum Gasteiger partial charge on any atom is -0.228 e. The molecule has 11 rings (SSSR count). The number of benzene rings is 8. The lowest BCUT2D eigenvalue weighted by Crippen LogP contribution is -2.14. The quantitative estimate of drug-likeness (QED) is 0.182. The van der Waals surface area contributed by atoms with Gasteiger partial charge in [-0.1, -0.05) is 159 Å². The van der Waals surface area contributed by atoms with Crippen molar-refractivity contribution in [2.75, 3.05) is 0 Å². The minimum absolute atomic E-state index is 0.147. The lowest BCUT2D eigenvalue weighted by atomic mass is 9.81. The first kappa shape index (κ1) is 31.1. The zero-order chi connectivity index (χ0) is 36.0. The summed E-state index contributed by atoms with van der Waals surface area (Å²) in [6.45, 7) is 4.70. The molecule has 1 aliphatic carbocycles. The molecule has 0 bridgehead atoms. The van der Waals surface area contributed by atoms with Crippen molar-refractivity contribution in [1.82, 2.24) is 9.97 Å². The van der Waals surface area contributed by atoms with Gasteiger partial charge in [0.25, 0.3) is 0 Å². The van der Waals surface area contributed by atoms with E-state index in [9.17, 15) is 0 Å². The molecule has 2 aromatic heterocycles. The number of nitrogens with zero attached hydrogens (tertiary/aromatic N) is 2. The molecule has 0 unspecified atom stereocenters. The number of hydrogen-bond acceptors (Lipinski definition) is 3. The molecule has 54 heavy (non-hydrogen) atoms. The molecule has 0 aliphatic heterocycles. The third-order valence-corrected chi connectivity index (χ3v) is 12.7. The molecule has 0 fully saturated rings. The Morgan fingerprint density at radius 3 is 1.85 bits per heavy atom. The molecular weight excluding hydrogens is 673 g/mol. The molecule has 0 radical (unpaired) electrons. The van der Waals surface area contributed by atoms with Gasteiger partial charge in [-0.15, -0.1) is 11.3 Å². The second-order valence-electron chi connectivity index (χ2n) is 14.9. The Labute approximate surface area is 318 Å². The molecule has 0 saturated heterocycles. The van der Waals surface area contributed by atoms with Crippen LogP contribution >= 0.6 is 11.3 Å². The van der Waals surface area contributed by atoms with E-state index in [2.05, 4.69) is 178 Å². The summed E-state index contributed by atoms with van der Waals surface area (Å²) in [7, 11) is 0. The van der Waals surface area contributed by atoms with Crippen LogP contribution in [-0.2, 0) is 5.41 Å². The summed E-state index contributed by atoms with van der Waals surface area (Å²) in [6.07, 6.45) is 0. The van der Waals surface area contributed by atoms with Gasteiger partial charge in [-0.25, -0.2) is 9.97 Å². The fourth-order valence-electron chi connectivity index (χ4n) is 8.84. The molecule has 254 valence electrons. The standard InChI is InChI=1S/C51H34N2S/c1-51(2)43-24-13-23-41(48(43)42-28-32-16-6-7-17-33(32)29-44(42)51)46-30-45(52-50(53-46)31-14-4-3-5-15-31)37-27-26-36(34-18-8-9-19-35(34)37)39-21-12-22-40-38-20-10-11-25-47(38)54-49(39)40/h3-30H,1-2H3. The predicted octanol–water partition coefficient (Wildman–Crippen LogP) is 14.1. The van der Waals surface area contributed by atoms with Gasteiger partial charge in [-0.2, -0.15) is 0 Å². The zero-order valence-electron chi connectivity index (χ0n) is 30.0. The number of rotatable bonds is 4. The summed E-state index contributed by atoms with van der Waals surface area (Å²) in [4.78, 5) is 10.7. The molecule has 0 amide bonds. The Morgan fingerprint density at radius 2 is 1.04 bits per heavy atom. The van der Waals surface area contributed by atoms with Crippen LogP contribution in [0.4, 0.5) is 0 Å². The normalized spacial score (nSPS) is 13.1. The molecule has 2 nitrogen and oxygen atoms in total. The number of fused-ring (bicyclic) bond motifs is 8. The highest BCUT2D eigenvalue weighted by atomic mass is 32.1. The summed E-state index contributed by atoms with van der Waals surface area (Å²) in [5.41, 5.74) is 12.7. The molecule has 8 aromatic carbocycles. The minimum atomic E-state index is -0.147. The number of thiophene rings is 1. The Bertz CT molecular complexity index is 3130. The third-order valence-electron chi connectivity index (χ3n) is 11.5. The average molecular weight is 707 g/mol. The van der Waals surface area contributed by atoms with Gasteiger partial charge in [-0.05, 0) is 73.6 Å². The SMILES string of the molecule is CC1(C)c2cc3ccccc3cc2-c2c(-c3cc(-c4ccc(-c5cccc6c5sc5ccccc56)c5ccccc45)nc(-c4ccccc4)n3)cccc21. The first-order chi connectivity index (χ1) is 26.5. The highest BCUT2D eigenvalue weighted by molar-refractivity contribution is 7.26. The fraction of sp³-hybridized carbons (Fsp3) is 0.0588. The van der Waals surface area contributed by atoms with Gasteiger partial charge in [0, 0.05) is 47.8 Å². The topological polar surface area (TPSA) is 25.8 Å². The Balaban J connectivity index is 1.15. The zero-order valence-corrected chi connectivity index (χ0v) is 30.8. The van der Waals surface area contributed by atoms with Crippen LogP contribution in [0.15, 0.2) is 170 Å². The molecule has 2 heterocycles. The summed E-state index contributed by atoms with van der Waals surface area (Å²) < 4.78 is 2.63. The molecule has 0 N–H and O–H groups in total. The molecular formula is C51H34N2S. The number of aromatic nitrogens is 2. The number of hydrogen-bond donors (Lipinski definition) is 0. The summed E-state index contributed by atoms with van der Waals surface area (Å²) in [5, 5.41) is 7.53. The van der Waals surface area contributed by atoms with Crippen LogP contribution in [0.1, 0.15) is 25.0 Å². The second-order valence-corrected chi connectivity index (χ2v) is 16.0. The molecule has 3 heteroatoms. The maximum atomic E-state index is 5.35. The second kappa shape index (κ2) is 11.8. The van der Waals surface area contributed by atoms with Gasteiger partial charge >= 0.3 is 0 Å². The van der Waals surface area contributed by atoms with Crippen molar-refractivity contribution in [3.05, 3.63) is 181 Å². The highest BCUT2D eigenvalue weighted by Crippen LogP contribution is 2.53. The predicted molar refractivity (Wildman–Crippen MR) is 229 cm³/mol. The van der Waals surface area contributed by atoms with Crippen molar-refractivity contribution in [2.45, 2.75) is 19.3 Å². The van der Waals surface area contributed by atoms with Crippen molar-refractivity contribution < 1.29 is 0 Å². The van der Waals surface area contributed by atoms with E-state index in [0.29, 0.717) is 0 Å². The van der Waals surface area contributed by atoms with Crippen molar-refractivity contribution in [1.29, 1.82) is 0 Å². The smallest absolute Gasteiger partial charge is 0.160 e. The third kappa shape index (κ3) is 4.65.